The molecule has 0 radical (unpaired) electrons. The molecule has 0 saturated carbocycles. The van der Waals surface area contributed by atoms with Crippen molar-refractivity contribution in [3.63, 3.8) is 0 Å². The highest BCUT2D eigenvalue weighted by Gasteiger charge is 2.06. The van der Waals surface area contributed by atoms with E-state index < -0.39 is 0 Å². The minimum absolute atomic E-state index is 0.109. The molecular formula is C23H21FN2O3. The van der Waals surface area contributed by atoms with E-state index in [1.165, 1.54) is 19.1 Å². The Labute approximate surface area is 168 Å². The first-order valence-corrected chi connectivity index (χ1v) is 9.18. The van der Waals surface area contributed by atoms with Gasteiger partial charge in [-0.15, -0.1) is 0 Å². The van der Waals surface area contributed by atoms with Crippen LogP contribution in [0.3, 0.4) is 0 Å². The number of hydrogen-bond donors (Lipinski definition) is 2. The van der Waals surface area contributed by atoms with Gasteiger partial charge in [0.15, 0.2) is 0 Å². The molecule has 3 rings (SSSR count). The maximum Gasteiger partial charge on any atom is 0.224 e. The first-order chi connectivity index (χ1) is 14.0. The van der Waals surface area contributed by atoms with Gasteiger partial charge in [0.1, 0.15) is 17.3 Å². The van der Waals surface area contributed by atoms with Gasteiger partial charge in [0.05, 0.1) is 0 Å². The van der Waals surface area contributed by atoms with E-state index in [1.54, 1.807) is 36.4 Å². The molecule has 0 aliphatic rings. The van der Waals surface area contributed by atoms with Crippen molar-refractivity contribution < 1.29 is 18.7 Å². The van der Waals surface area contributed by atoms with Crippen LogP contribution in [0.25, 0.3) is 0 Å². The van der Waals surface area contributed by atoms with Crippen LogP contribution >= 0.6 is 0 Å². The van der Waals surface area contributed by atoms with E-state index >= 15 is 0 Å². The van der Waals surface area contributed by atoms with Gasteiger partial charge in [0, 0.05) is 24.7 Å². The topological polar surface area (TPSA) is 67.4 Å². The van der Waals surface area contributed by atoms with Crippen LogP contribution in [0, 0.1) is 5.82 Å². The molecule has 3 aromatic rings. The molecule has 5 nitrogen and oxygen atoms in total. The van der Waals surface area contributed by atoms with Gasteiger partial charge in [-0.2, -0.15) is 0 Å². The summed E-state index contributed by atoms with van der Waals surface area (Å²) < 4.78 is 18.7. The van der Waals surface area contributed by atoms with Crippen LogP contribution in [0.15, 0.2) is 72.8 Å². The summed E-state index contributed by atoms with van der Waals surface area (Å²) in [7, 11) is 0. The third kappa shape index (κ3) is 6.46. The third-order valence-electron chi connectivity index (χ3n) is 4.08. The lowest BCUT2D eigenvalue weighted by molar-refractivity contribution is -0.116. The number of nitrogens with one attached hydrogen (secondary N) is 2. The van der Waals surface area contributed by atoms with Crippen LogP contribution in [0.1, 0.15) is 18.9 Å². The molecule has 0 fully saturated rings. The maximum atomic E-state index is 13.0. The van der Waals surface area contributed by atoms with Gasteiger partial charge in [-0.25, -0.2) is 4.39 Å². The molecule has 29 heavy (non-hydrogen) atoms. The lowest BCUT2D eigenvalue weighted by Crippen LogP contribution is -2.12. The molecule has 0 heterocycles. The molecule has 0 spiro atoms. The van der Waals surface area contributed by atoms with Crippen molar-refractivity contribution >= 4 is 23.2 Å². The standard InChI is InChI=1S/C23H21FN2O3/c1-16(27)25-19-8-10-20(11-9-19)26-23(28)14-5-17-3-2-4-22(15-17)29-21-12-6-18(24)7-13-21/h2-4,6-13,15H,5,14H2,1H3,(H,25,27)(H,26,28). The van der Waals surface area contributed by atoms with Gasteiger partial charge in [-0.3, -0.25) is 9.59 Å². The number of carbonyl (C=O) groups is 2. The van der Waals surface area contributed by atoms with Crippen LogP contribution in [-0.4, -0.2) is 11.8 Å². The summed E-state index contributed by atoms with van der Waals surface area (Å²) in [6.45, 7) is 1.44. The zero-order valence-corrected chi connectivity index (χ0v) is 15.9. The van der Waals surface area contributed by atoms with Gasteiger partial charge < -0.3 is 15.4 Å². The zero-order chi connectivity index (χ0) is 20.6. The quantitative estimate of drug-likeness (QED) is 0.584. The molecular weight excluding hydrogens is 371 g/mol. The van der Waals surface area contributed by atoms with Gasteiger partial charge in [0.25, 0.3) is 0 Å². The molecule has 0 atom stereocenters. The SMILES string of the molecule is CC(=O)Nc1ccc(NC(=O)CCc2cccc(Oc3ccc(F)cc3)c2)cc1. The van der Waals surface area contributed by atoms with E-state index in [-0.39, 0.29) is 17.6 Å². The first-order valence-electron chi connectivity index (χ1n) is 9.18. The van der Waals surface area contributed by atoms with Gasteiger partial charge in [0.2, 0.25) is 11.8 Å². The maximum absolute atomic E-state index is 13.0. The Hall–Kier alpha value is -3.67. The number of benzene rings is 3. The third-order valence-corrected chi connectivity index (χ3v) is 4.08. The second-order valence-corrected chi connectivity index (χ2v) is 6.51. The molecule has 3 aromatic carbocycles. The average molecular weight is 392 g/mol. The highest BCUT2D eigenvalue weighted by Crippen LogP contribution is 2.23. The minimum Gasteiger partial charge on any atom is -0.457 e. The van der Waals surface area contributed by atoms with E-state index in [0.717, 1.165) is 5.56 Å². The van der Waals surface area contributed by atoms with Gasteiger partial charge in [-0.05, 0) is 72.6 Å². The van der Waals surface area contributed by atoms with Crippen LogP contribution in [0.5, 0.6) is 11.5 Å². The molecule has 0 aromatic heterocycles. The molecule has 0 aliphatic heterocycles. The summed E-state index contributed by atoms with van der Waals surface area (Å²) in [5, 5.41) is 5.51. The Morgan fingerprint density at radius 1 is 0.862 bits per heavy atom. The van der Waals surface area contributed by atoms with Crippen LogP contribution < -0.4 is 15.4 Å². The highest BCUT2D eigenvalue weighted by molar-refractivity contribution is 5.92. The molecule has 0 saturated heterocycles. The Bertz CT molecular complexity index is 986. The summed E-state index contributed by atoms with van der Waals surface area (Å²) in [5.41, 5.74) is 2.30. The molecule has 0 bridgehead atoms. The van der Waals surface area contributed by atoms with Crippen molar-refractivity contribution in [2.45, 2.75) is 19.8 Å². The van der Waals surface area contributed by atoms with Crippen LogP contribution in [0.4, 0.5) is 15.8 Å². The largest absolute Gasteiger partial charge is 0.457 e. The van der Waals surface area contributed by atoms with Crippen molar-refractivity contribution in [1.82, 2.24) is 0 Å². The number of halogens is 1. The van der Waals surface area contributed by atoms with Crippen molar-refractivity contribution in [1.29, 1.82) is 0 Å². The Morgan fingerprint density at radius 2 is 1.52 bits per heavy atom. The molecule has 148 valence electrons. The van der Waals surface area contributed by atoms with Crippen molar-refractivity contribution in [3.8, 4) is 11.5 Å². The number of hydrogen-bond acceptors (Lipinski definition) is 3. The summed E-state index contributed by atoms with van der Waals surface area (Å²) in [4.78, 5) is 23.2. The first kappa shape index (κ1) is 20.1. The Kier molecular flexibility index (Phi) is 6.58. The summed E-state index contributed by atoms with van der Waals surface area (Å²) >= 11 is 0. The lowest BCUT2D eigenvalue weighted by atomic mass is 10.1. The fourth-order valence-electron chi connectivity index (χ4n) is 2.72. The van der Waals surface area contributed by atoms with Crippen LogP contribution in [0.2, 0.25) is 0 Å². The second-order valence-electron chi connectivity index (χ2n) is 6.51. The number of aryl methyl sites for hydroxylation is 1. The Balaban J connectivity index is 1.52. The Morgan fingerprint density at radius 3 is 2.17 bits per heavy atom. The van der Waals surface area contributed by atoms with E-state index in [9.17, 15) is 14.0 Å². The molecule has 0 unspecified atom stereocenters. The lowest BCUT2D eigenvalue weighted by Gasteiger charge is -2.09. The van der Waals surface area contributed by atoms with E-state index in [1.807, 2.05) is 24.3 Å². The summed E-state index contributed by atoms with van der Waals surface area (Å²) in [6, 6.07) is 20.2. The van der Waals surface area contributed by atoms with E-state index in [2.05, 4.69) is 10.6 Å². The van der Waals surface area contributed by atoms with Gasteiger partial charge in [-0.1, -0.05) is 12.1 Å². The second kappa shape index (κ2) is 9.50. The number of ether oxygens (including phenoxy) is 1. The predicted molar refractivity (Wildman–Crippen MR) is 111 cm³/mol. The van der Waals surface area contributed by atoms with E-state index in [0.29, 0.717) is 35.7 Å². The fourth-order valence-corrected chi connectivity index (χ4v) is 2.72. The number of carbonyl (C=O) groups excluding carboxylic acids is 2. The summed E-state index contributed by atoms with van der Waals surface area (Å²) in [6.07, 6.45) is 0.865. The monoisotopic (exact) mass is 392 g/mol. The number of anilines is 2. The normalized spacial score (nSPS) is 10.3. The number of amides is 2. The fraction of sp³-hybridized carbons (Fsp3) is 0.130. The van der Waals surface area contributed by atoms with Crippen molar-refractivity contribution in [3.05, 3.63) is 84.2 Å². The highest BCUT2D eigenvalue weighted by atomic mass is 19.1. The minimum atomic E-state index is -0.318. The molecule has 2 N–H and O–H groups in total. The molecule has 6 heteroatoms. The molecule has 0 aliphatic carbocycles. The van der Waals surface area contributed by atoms with Crippen molar-refractivity contribution in [2.24, 2.45) is 0 Å². The van der Waals surface area contributed by atoms with E-state index in [4.69, 9.17) is 4.74 Å². The predicted octanol–water partition coefficient (Wildman–Crippen LogP) is 5.15. The van der Waals surface area contributed by atoms with Crippen molar-refractivity contribution in [2.75, 3.05) is 10.6 Å². The molecule has 2 amide bonds. The smallest absolute Gasteiger partial charge is 0.224 e. The average Bonchev–Trinajstić information content (AvgIpc) is 2.70. The number of rotatable bonds is 7. The summed E-state index contributed by atoms with van der Waals surface area (Å²) in [5.74, 6) is 0.600. The van der Waals surface area contributed by atoms with Crippen LogP contribution in [-0.2, 0) is 16.0 Å². The van der Waals surface area contributed by atoms with Gasteiger partial charge >= 0.3 is 0 Å². The zero-order valence-electron chi connectivity index (χ0n) is 15.9.